The van der Waals surface area contributed by atoms with E-state index in [1.807, 2.05) is 37.3 Å². The van der Waals surface area contributed by atoms with Gasteiger partial charge in [-0.3, -0.25) is 4.90 Å². The molecule has 1 saturated heterocycles. The van der Waals surface area contributed by atoms with E-state index in [0.29, 0.717) is 6.04 Å². The Kier molecular flexibility index (Phi) is 5.92. The topological polar surface area (TPSA) is 57.2 Å². The van der Waals surface area contributed by atoms with Crippen molar-refractivity contribution < 1.29 is 0 Å². The van der Waals surface area contributed by atoms with Gasteiger partial charge in [0, 0.05) is 37.3 Å². The Bertz CT molecular complexity index is 1270. The molecule has 4 aromatic rings. The molecule has 0 bridgehead atoms. The third-order valence-electron chi connectivity index (χ3n) is 6.20. The summed E-state index contributed by atoms with van der Waals surface area (Å²) in [6.45, 7) is 3.91. The van der Waals surface area contributed by atoms with Gasteiger partial charge in [0.25, 0.3) is 0 Å². The lowest BCUT2D eigenvalue weighted by molar-refractivity contribution is 0.244. The first-order valence-electron chi connectivity index (χ1n) is 11.5. The second-order valence-electron chi connectivity index (χ2n) is 8.92. The van der Waals surface area contributed by atoms with Gasteiger partial charge in [-0.25, -0.2) is 15.0 Å². The molecule has 168 valence electrons. The van der Waals surface area contributed by atoms with Crippen LogP contribution < -0.4 is 10.2 Å². The molecule has 0 amide bonds. The molecule has 0 saturated carbocycles. The number of hydrogen-bond donors (Lipinski definition) is 1. The van der Waals surface area contributed by atoms with E-state index >= 15 is 0 Å². The van der Waals surface area contributed by atoms with E-state index in [1.165, 1.54) is 17.4 Å². The SMILES string of the molecule is Cc1cccc(Nc2cccc(C3CCCN3Cc3cc4ccccc4nc3N(C)C)n2)n1. The van der Waals surface area contributed by atoms with E-state index in [9.17, 15) is 0 Å². The Morgan fingerprint density at radius 1 is 0.939 bits per heavy atom. The highest BCUT2D eigenvalue weighted by Gasteiger charge is 2.28. The molecule has 5 rings (SSSR count). The van der Waals surface area contributed by atoms with E-state index in [4.69, 9.17) is 9.97 Å². The van der Waals surface area contributed by atoms with Crippen molar-refractivity contribution in [1.29, 1.82) is 0 Å². The van der Waals surface area contributed by atoms with Crippen LogP contribution >= 0.6 is 0 Å². The Hall–Kier alpha value is -3.51. The number of likely N-dealkylation sites (tertiary alicyclic amines) is 1. The molecule has 3 aromatic heterocycles. The first-order valence-corrected chi connectivity index (χ1v) is 11.5. The maximum absolute atomic E-state index is 4.96. The zero-order valence-electron chi connectivity index (χ0n) is 19.5. The Balaban J connectivity index is 1.41. The molecule has 6 heteroatoms. The zero-order valence-corrected chi connectivity index (χ0v) is 19.5. The molecule has 1 aromatic carbocycles. The molecule has 1 fully saturated rings. The predicted molar refractivity (Wildman–Crippen MR) is 135 cm³/mol. The van der Waals surface area contributed by atoms with Gasteiger partial charge >= 0.3 is 0 Å². The average Bonchev–Trinajstić information content (AvgIpc) is 3.27. The monoisotopic (exact) mass is 438 g/mol. The number of anilines is 3. The minimum absolute atomic E-state index is 0.290. The van der Waals surface area contributed by atoms with Crippen molar-refractivity contribution >= 4 is 28.4 Å². The van der Waals surface area contributed by atoms with Crippen LogP contribution in [0.25, 0.3) is 10.9 Å². The van der Waals surface area contributed by atoms with Gasteiger partial charge in [0.05, 0.1) is 17.3 Å². The normalized spacial score (nSPS) is 16.3. The molecule has 4 heterocycles. The largest absolute Gasteiger partial charge is 0.362 e. The van der Waals surface area contributed by atoms with Crippen molar-refractivity contribution in [2.75, 3.05) is 30.9 Å². The van der Waals surface area contributed by atoms with Gasteiger partial charge in [0.2, 0.25) is 0 Å². The molecule has 1 N–H and O–H groups in total. The van der Waals surface area contributed by atoms with E-state index in [2.05, 4.69) is 70.6 Å². The predicted octanol–water partition coefficient (Wildman–Crippen LogP) is 5.48. The molecule has 1 aliphatic rings. The van der Waals surface area contributed by atoms with Crippen LogP contribution in [0.1, 0.15) is 35.8 Å². The maximum Gasteiger partial charge on any atom is 0.133 e. The van der Waals surface area contributed by atoms with E-state index < -0.39 is 0 Å². The highest BCUT2D eigenvalue weighted by molar-refractivity contribution is 5.81. The summed E-state index contributed by atoms with van der Waals surface area (Å²) in [4.78, 5) is 19.1. The molecule has 1 aliphatic heterocycles. The summed E-state index contributed by atoms with van der Waals surface area (Å²) in [5.74, 6) is 2.69. The van der Waals surface area contributed by atoms with E-state index in [1.54, 1.807) is 0 Å². The molecule has 0 aliphatic carbocycles. The maximum atomic E-state index is 4.96. The Morgan fingerprint density at radius 3 is 2.55 bits per heavy atom. The van der Waals surface area contributed by atoms with Crippen LogP contribution in [-0.4, -0.2) is 40.5 Å². The number of aromatic nitrogens is 3. The van der Waals surface area contributed by atoms with Crippen LogP contribution in [0, 0.1) is 6.92 Å². The molecule has 33 heavy (non-hydrogen) atoms. The number of nitrogens with one attached hydrogen (secondary N) is 1. The van der Waals surface area contributed by atoms with Crippen molar-refractivity contribution in [3.05, 3.63) is 83.7 Å². The van der Waals surface area contributed by atoms with Gasteiger partial charge in [0.15, 0.2) is 0 Å². The lowest BCUT2D eigenvalue weighted by Crippen LogP contribution is -2.25. The van der Waals surface area contributed by atoms with Gasteiger partial charge in [-0.1, -0.05) is 30.3 Å². The Morgan fingerprint density at radius 2 is 1.73 bits per heavy atom. The number of pyridine rings is 3. The lowest BCUT2D eigenvalue weighted by Gasteiger charge is -2.26. The van der Waals surface area contributed by atoms with Crippen LogP contribution in [0.4, 0.5) is 17.5 Å². The lowest BCUT2D eigenvalue weighted by atomic mass is 10.1. The van der Waals surface area contributed by atoms with Crippen LogP contribution in [0.5, 0.6) is 0 Å². The number of nitrogens with zero attached hydrogens (tertiary/aromatic N) is 5. The van der Waals surface area contributed by atoms with E-state index in [0.717, 1.165) is 53.9 Å². The quantitative estimate of drug-likeness (QED) is 0.430. The number of rotatable bonds is 6. The Labute approximate surface area is 195 Å². The van der Waals surface area contributed by atoms with Gasteiger partial charge in [-0.15, -0.1) is 0 Å². The summed E-state index contributed by atoms with van der Waals surface area (Å²) in [6.07, 6.45) is 2.28. The van der Waals surface area contributed by atoms with Gasteiger partial charge in [-0.2, -0.15) is 0 Å². The fourth-order valence-corrected chi connectivity index (χ4v) is 4.67. The second-order valence-corrected chi connectivity index (χ2v) is 8.92. The molecular formula is C27H30N6. The summed E-state index contributed by atoms with van der Waals surface area (Å²) in [7, 11) is 4.14. The van der Waals surface area contributed by atoms with Crippen molar-refractivity contribution in [3.8, 4) is 0 Å². The highest BCUT2D eigenvalue weighted by atomic mass is 15.2. The number of hydrogen-bond acceptors (Lipinski definition) is 6. The van der Waals surface area contributed by atoms with Gasteiger partial charge < -0.3 is 10.2 Å². The fourth-order valence-electron chi connectivity index (χ4n) is 4.67. The third kappa shape index (κ3) is 4.66. The van der Waals surface area contributed by atoms with Crippen molar-refractivity contribution in [2.24, 2.45) is 0 Å². The van der Waals surface area contributed by atoms with Gasteiger partial charge in [-0.05, 0) is 62.7 Å². The molecule has 1 unspecified atom stereocenters. The molecule has 1 atom stereocenters. The van der Waals surface area contributed by atoms with E-state index in [-0.39, 0.29) is 0 Å². The van der Waals surface area contributed by atoms with Crippen LogP contribution in [0.3, 0.4) is 0 Å². The van der Waals surface area contributed by atoms with Crippen molar-refractivity contribution in [3.63, 3.8) is 0 Å². The van der Waals surface area contributed by atoms with Crippen LogP contribution in [0.2, 0.25) is 0 Å². The second kappa shape index (κ2) is 9.16. The first-order chi connectivity index (χ1) is 16.1. The fraction of sp³-hybridized carbons (Fsp3) is 0.296. The number of fused-ring (bicyclic) bond motifs is 1. The third-order valence-corrected chi connectivity index (χ3v) is 6.20. The summed E-state index contributed by atoms with van der Waals surface area (Å²) >= 11 is 0. The summed E-state index contributed by atoms with van der Waals surface area (Å²) in [5.41, 5.74) is 4.38. The average molecular weight is 439 g/mol. The van der Waals surface area contributed by atoms with Crippen molar-refractivity contribution in [1.82, 2.24) is 19.9 Å². The minimum atomic E-state index is 0.290. The molecule has 0 radical (unpaired) electrons. The molecule has 6 nitrogen and oxygen atoms in total. The first kappa shape index (κ1) is 21.3. The summed E-state index contributed by atoms with van der Waals surface area (Å²) in [5, 5.41) is 4.54. The van der Waals surface area contributed by atoms with Crippen LogP contribution in [0.15, 0.2) is 66.7 Å². The zero-order chi connectivity index (χ0) is 22.8. The molecular weight excluding hydrogens is 408 g/mol. The minimum Gasteiger partial charge on any atom is -0.362 e. The smallest absolute Gasteiger partial charge is 0.133 e. The standard InChI is InChI=1S/C27H30N6/c1-19-9-6-14-25(28-19)31-26-15-7-12-23(29-26)24-13-8-16-33(24)18-21-17-20-10-4-5-11-22(20)30-27(21)32(2)3/h4-7,9-12,14-15,17,24H,8,13,16,18H2,1-3H3,(H,28,29,31). The highest BCUT2D eigenvalue weighted by Crippen LogP contribution is 2.34. The number of benzene rings is 1. The van der Waals surface area contributed by atoms with Crippen LogP contribution in [-0.2, 0) is 6.54 Å². The molecule has 0 spiro atoms. The number of para-hydroxylation sites is 1. The number of aryl methyl sites for hydroxylation is 1. The van der Waals surface area contributed by atoms with Crippen molar-refractivity contribution in [2.45, 2.75) is 32.4 Å². The summed E-state index contributed by atoms with van der Waals surface area (Å²) < 4.78 is 0. The van der Waals surface area contributed by atoms with Gasteiger partial charge in [0.1, 0.15) is 17.5 Å². The summed E-state index contributed by atoms with van der Waals surface area (Å²) in [6, 6.07) is 23.1.